The van der Waals surface area contributed by atoms with Gasteiger partial charge in [0, 0.05) is 11.7 Å². The highest BCUT2D eigenvalue weighted by molar-refractivity contribution is 5.99. The highest BCUT2D eigenvalue weighted by Crippen LogP contribution is 2.55. The number of rotatable bonds is 4. The zero-order chi connectivity index (χ0) is 26.4. The number of aryl methyl sites for hydroxylation is 1. The van der Waals surface area contributed by atoms with Crippen LogP contribution in [0.1, 0.15) is 54.6 Å². The molecule has 4 saturated carbocycles. The largest absolute Gasteiger partial charge is 0.490 e. The van der Waals surface area contributed by atoms with Gasteiger partial charge in [-0.1, -0.05) is 24.3 Å². The van der Waals surface area contributed by atoms with Crippen molar-refractivity contribution in [2.45, 2.75) is 57.2 Å². The van der Waals surface area contributed by atoms with Crippen LogP contribution in [0.3, 0.4) is 0 Å². The Bertz CT molecular complexity index is 1300. The summed E-state index contributed by atoms with van der Waals surface area (Å²) in [5, 5.41) is 10.6. The van der Waals surface area contributed by atoms with Gasteiger partial charge in [-0.2, -0.15) is 18.2 Å². The van der Waals surface area contributed by atoms with Crippen LogP contribution in [-0.4, -0.2) is 38.1 Å². The van der Waals surface area contributed by atoms with Crippen molar-refractivity contribution in [2.75, 3.05) is 0 Å². The zero-order valence-electron chi connectivity index (χ0n) is 20.3. The first-order valence-electron chi connectivity index (χ1n) is 12.4. The molecule has 7 rings (SSSR count). The van der Waals surface area contributed by atoms with Gasteiger partial charge in [-0.25, -0.2) is 4.79 Å². The molecule has 196 valence electrons. The van der Waals surface area contributed by atoms with Crippen molar-refractivity contribution < 1.29 is 32.6 Å². The SMILES string of the molecule is Cc1ccccc1Oc1nc(C(=O)NC23CC4CC(CC(C4)C2)C3)c2ccccn12.O=C(O)C(F)(F)F. The standard InChI is InChI=1S/C25H27N3O2.C2HF3O2/c1-16-6-2-3-8-21(16)30-24-26-22(20-7-4-5-9-28(20)24)23(29)27-25-13-17-10-18(14-25)12-19(11-17)15-25;3-2(4,5)1(6)7/h2-9,17-19H,10-15H2,1H3,(H,27,29);(H,6,7). The summed E-state index contributed by atoms with van der Waals surface area (Å²) in [7, 11) is 0. The van der Waals surface area contributed by atoms with Gasteiger partial charge in [-0.15, -0.1) is 0 Å². The fraction of sp³-hybridized carbons (Fsp3) is 0.444. The Balaban J connectivity index is 0.000000355. The quantitative estimate of drug-likeness (QED) is 0.461. The molecule has 4 aliphatic carbocycles. The maximum absolute atomic E-state index is 13.4. The predicted octanol–water partition coefficient (Wildman–Crippen LogP) is 5.77. The number of benzene rings is 1. The van der Waals surface area contributed by atoms with Gasteiger partial charge >= 0.3 is 18.2 Å². The molecule has 2 heterocycles. The van der Waals surface area contributed by atoms with Crippen molar-refractivity contribution in [1.82, 2.24) is 14.7 Å². The lowest BCUT2D eigenvalue weighted by Gasteiger charge is -2.56. The van der Waals surface area contributed by atoms with Crippen molar-refractivity contribution >= 4 is 17.4 Å². The number of carbonyl (C=O) groups is 2. The van der Waals surface area contributed by atoms with E-state index in [4.69, 9.17) is 14.6 Å². The summed E-state index contributed by atoms with van der Waals surface area (Å²) >= 11 is 0. The molecule has 2 aromatic heterocycles. The van der Waals surface area contributed by atoms with Crippen molar-refractivity contribution in [1.29, 1.82) is 0 Å². The van der Waals surface area contributed by atoms with Gasteiger partial charge in [-0.3, -0.25) is 9.20 Å². The lowest BCUT2D eigenvalue weighted by molar-refractivity contribution is -0.192. The maximum atomic E-state index is 13.4. The van der Waals surface area contributed by atoms with Crippen molar-refractivity contribution in [3.63, 3.8) is 0 Å². The number of aliphatic carboxylic acids is 1. The van der Waals surface area contributed by atoms with Gasteiger partial charge in [0.1, 0.15) is 5.75 Å². The number of imidazole rings is 1. The molecular weight excluding hydrogens is 487 g/mol. The molecule has 1 amide bonds. The summed E-state index contributed by atoms with van der Waals surface area (Å²) in [6, 6.07) is 14.1. The Morgan fingerprint density at radius 1 is 1.03 bits per heavy atom. The summed E-state index contributed by atoms with van der Waals surface area (Å²) in [6.07, 6.45) is 4.28. The van der Waals surface area contributed by atoms with E-state index in [0.717, 1.165) is 53.8 Å². The monoisotopic (exact) mass is 515 g/mol. The van der Waals surface area contributed by atoms with Crippen molar-refractivity contribution in [3.05, 3.63) is 59.9 Å². The molecule has 0 atom stereocenters. The van der Waals surface area contributed by atoms with Gasteiger partial charge in [0.15, 0.2) is 5.69 Å². The number of para-hydroxylation sites is 1. The molecule has 1 aromatic carbocycles. The average Bonchev–Trinajstić information content (AvgIpc) is 3.18. The number of ether oxygens (including phenoxy) is 1. The first-order valence-corrected chi connectivity index (χ1v) is 12.4. The lowest BCUT2D eigenvalue weighted by Crippen LogP contribution is -2.59. The number of nitrogens with one attached hydrogen (secondary N) is 1. The van der Waals surface area contributed by atoms with E-state index in [-0.39, 0.29) is 11.4 Å². The van der Waals surface area contributed by atoms with E-state index in [1.165, 1.54) is 19.3 Å². The predicted molar refractivity (Wildman–Crippen MR) is 129 cm³/mol. The van der Waals surface area contributed by atoms with Crippen LogP contribution in [0.15, 0.2) is 48.7 Å². The maximum Gasteiger partial charge on any atom is 0.490 e. The second-order valence-electron chi connectivity index (χ2n) is 10.5. The van der Waals surface area contributed by atoms with E-state index in [9.17, 15) is 18.0 Å². The number of fused-ring (bicyclic) bond motifs is 1. The fourth-order valence-electron chi connectivity index (χ4n) is 6.58. The second-order valence-corrected chi connectivity index (χ2v) is 10.5. The van der Waals surface area contributed by atoms with E-state index >= 15 is 0 Å². The number of amides is 1. The van der Waals surface area contributed by atoms with Crippen LogP contribution in [0.5, 0.6) is 11.8 Å². The summed E-state index contributed by atoms with van der Waals surface area (Å²) in [5.41, 5.74) is 2.23. The zero-order valence-corrected chi connectivity index (χ0v) is 20.3. The van der Waals surface area contributed by atoms with Gasteiger partial charge in [0.05, 0.1) is 5.52 Å². The van der Waals surface area contributed by atoms with Crippen LogP contribution in [-0.2, 0) is 4.79 Å². The Morgan fingerprint density at radius 2 is 1.59 bits per heavy atom. The average molecular weight is 516 g/mol. The van der Waals surface area contributed by atoms with Gasteiger partial charge in [-0.05, 0) is 87.0 Å². The molecule has 0 spiro atoms. The molecule has 0 unspecified atom stereocenters. The highest BCUT2D eigenvalue weighted by atomic mass is 19.4. The third-order valence-electron chi connectivity index (χ3n) is 7.69. The minimum absolute atomic E-state index is 0.0341. The van der Waals surface area contributed by atoms with Crippen LogP contribution in [0.4, 0.5) is 13.2 Å². The Labute approximate surface area is 211 Å². The summed E-state index contributed by atoms with van der Waals surface area (Å²) in [6.45, 7) is 2.01. The molecule has 0 saturated heterocycles. The van der Waals surface area contributed by atoms with Crippen LogP contribution >= 0.6 is 0 Å². The molecular formula is C27H28F3N3O4. The summed E-state index contributed by atoms with van der Waals surface area (Å²) in [4.78, 5) is 27.0. The molecule has 0 aliphatic heterocycles. The number of hydrogen-bond acceptors (Lipinski definition) is 4. The number of carboxylic acid groups (broad SMARTS) is 1. The first kappa shape index (κ1) is 25.1. The number of halogens is 3. The number of carboxylic acids is 1. The normalized spacial score (nSPS) is 25.9. The van der Waals surface area contributed by atoms with E-state index in [1.54, 1.807) is 0 Å². The molecule has 4 bridgehead atoms. The van der Waals surface area contributed by atoms with Crippen LogP contribution < -0.4 is 10.1 Å². The molecule has 2 N–H and O–H groups in total. The number of aromatic nitrogens is 2. The smallest absolute Gasteiger partial charge is 0.475 e. The third-order valence-corrected chi connectivity index (χ3v) is 7.69. The third kappa shape index (κ3) is 5.14. The number of pyridine rings is 1. The molecule has 4 fully saturated rings. The topological polar surface area (TPSA) is 92.9 Å². The minimum Gasteiger partial charge on any atom is -0.475 e. The van der Waals surface area contributed by atoms with E-state index in [1.807, 2.05) is 60.0 Å². The first-order chi connectivity index (χ1) is 17.5. The molecule has 0 radical (unpaired) electrons. The molecule has 7 nitrogen and oxygen atoms in total. The number of hydrogen-bond donors (Lipinski definition) is 2. The number of alkyl halides is 3. The van der Waals surface area contributed by atoms with Crippen LogP contribution in [0.2, 0.25) is 0 Å². The Morgan fingerprint density at radius 3 is 2.16 bits per heavy atom. The van der Waals surface area contributed by atoms with Crippen LogP contribution in [0, 0.1) is 24.7 Å². The molecule has 4 aliphatic rings. The lowest BCUT2D eigenvalue weighted by atomic mass is 9.53. The van der Waals surface area contributed by atoms with Crippen LogP contribution in [0.25, 0.3) is 5.52 Å². The van der Waals surface area contributed by atoms with Crippen molar-refractivity contribution in [2.24, 2.45) is 17.8 Å². The van der Waals surface area contributed by atoms with Gasteiger partial charge in [0.2, 0.25) is 0 Å². The van der Waals surface area contributed by atoms with E-state index in [2.05, 4.69) is 10.3 Å². The Kier molecular flexibility index (Phi) is 6.37. The Hall–Kier alpha value is -3.56. The second kappa shape index (κ2) is 9.39. The minimum atomic E-state index is -5.08. The van der Waals surface area contributed by atoms with Gasteiger partial charge < -0.3 is 15.2 Å². The van der Waals surface area contributed by atoms with Gasteiger partial charge in [0.25, 0.3) is 5.91 Å². The highest BCUT2D eigenvalue weighted by Gasteiger charge is 2.51. The number of carbonyl (C=O) groups excluding carboxylic acids is 1. The molecule has 37 heavy (non-hydrogen) atoms. The summed E-state index contributed by atoms with van der Waals surface area (Å²) in [5.74, 6) is 0.287. The molecule has 3 aromatic rings. The summed E-state index contributed by atoms with van der Waals surface area (Å²) < 4.78 is 39.7. The number of nitrogens with zero attached hydrogens (tertiary/aromatic N) is 2. The van der Waals surface area contributed by atoms with Crippen molar-refractivity contribution in [3.8, 4) is 11.8 Å². The van der Waals surface area contributed by atoms with E-state index < -0.39 is 12.1 Å². The fourth-order valence-corrected chi connectivity index (χ4v) is 6.58. The molecule has 10 heteroatoms. The van der Waals surface area contributed by atoms with E-state index in [0.29, 0.717) is 11.7 Å².